The Kier molecular flexibility index (Phi) is 6.74. The van der Waals surface area contributed by atoms with Crippen molar-refractivity contribution in [1.29, 1.82) is 0 Å². The van der Waals surface area contributed by atoms with Gasteiger partial charge in [0.25, 0.3) is 0 Å². The van der Waals surface area contributed by atoms with E-state index in [-0.39, 0.29) is 12.1 Å². The summed E-state index contributed by atoms with van der Waals surface area (Å²) in [5.74, 6) is 1.91. The summed E-state index contributed by atoms with van der Waals surface area (Å²) in [6.45, 7) is 7.82. The van der Waals surface area contributed by atoms with Gasteiger partial charge < -0.3 is 26.2 Å². The standard InChI is InChI=1S/C23H31N9O/c1-14-11-18(26-23(33)25-17-7-9-32(4)10-8-17)5-6-19(14)27-22-24-15(2)12-20(29-22)28-21-13-16(3)30-31-21/h5-6,11-13,17H,7-10H2,1-4H3,(H2,25,26,33)(H3,24,27,28,29,30,31). The van der Waals surface area contributed by atoms with E-state index in [0.717, 1.165) is 60.1 Å². The van der Waals surface area contributed by atoms with E-state index in [0.29, 0.717) is 11.8 Å². The van der Waals surface area contributed by atoms with Gasteiger partial charge in [-0.3, -0.25) is 5.10 Å². The Labute approximate surface area is 193 Å². The number of nitrogens with zero attached hydrogens (tertiary/aromatic N) is 4. The van der Waals surface area contributed by atoms with Crippen LogP contribution in [0.2, 0.25) is 0 Å². The number of carbonyl (C=O) groups is 1. The molecule has 1 saturated heterocycles. The number of piperidine rings is 1. The first kappa shape index (κ1) is 22.5. The predicted molar refractivity (Wildman–Crippen MR) is 131 cm³/mol. The number of amides is 2. The number of hydrogen-bond donors (Lipinski definition) is 5. The zero-order chi connectivity index (χ0) is 23.4. The number of aryl methyl sites for hydroxylation is 3. The third kappa shape index (κ3) is 6.19. The molecule has 0 spiro atoms. The van der Waals surface area contributed by atoms with Crippen molar-refractivity contribution in [3.05, 3.63) is 47.3 Å². The van der Waals surface area contributed by atoms with Crippen molar-refractivity contribution >= 4 is 35.0 Å². The molecule has 2 amide bonds. The van der Waals surface area contributed by atoms with Gasteiger partial charge in [0.15, 0.2) is 0 Å². The van der Waals surface area contributed by atoms with Gasteiger partial charge in [-0.05, 0) is 77.5 Å². The molecule has 1 aliphatic heterocycles. The second-order valence-corrected chi connectivity index (χ2v) is 8.60. The molecule has 4 rings (SSSR count). The van der Waals surface area contributed by atoms with E-state index < -0.39 is 0 Å². The first-order valence-corrected chi connectivity index (χ1v) is 11.1. The Morgan fingerprint density at radius 2 is 1.82 bits per heavy atom. The minimum atomic E-state index is -0.170. The minimum Gasteiger partial charge on any atom is -0.335 e. The smallest absolute Gasteiger partial charge is 0.319 e. The molecule has 1 aliphatic rings. The first-order valence-electron chi connectivity index (χ1n) is 11.1. The van der Waals surface area contributed by atoms with Crippen molar-refractivity contribution in [2.24, 2.45) is 0 Å². The van der Waals surface area contributed by atoms with Crippen molar-refractivity contribution in [3.63, 3.8) is 0 Å². The Bertz CT molecular complexity index is 1120. The molecule has 3 heterocycles. The van der Waals surface area contributed by atoms with Crippen LogP contribution in [0.5, 0.6) is 0 Å². The summed E-state index contributed by atoms with van der Waals surface area (Å²) in [6, 6.07) is 9.53. The number of aromatic amines is 1. The van der Waals surface area contributed by atoms with Crippen molar-refractivity contribution in [1.82, 2.24) is 30.4 Å². The maximum Gasteiger partial charge on any atom is 0.319 e. The van der Waals surface area contributed by atoms with E-state index >= 15 is 0 Å². The Morgan fingerprint density at radius 1 is 1.03 bits per heavy atom. The highest BCUT2D eigenvalue weighted by atomic mass is 16.2. The lowest BCUT2D eigenvalue weighted by Gasteiger charge is -2.29. The Hall–Kier alpha value is -3.66. The summed E-state index contributed by atoms with van der Waals surface area (Å²) in [5, 5.41) is 19.5. The normalized spacial score (nSPS) is 14.7. The van der Waals surface area contributed by atoms with Crippen LogP contribution in [0.1, 0.15) is 29.8 Å². The molecule has 1 fully saturated rings. The third-order valence-corrected chi connectivity index (χ3v) is 5.61. The lowest BCUT2D eigenvalue weighted by atomic mass is 10.1. The molecule has 0 aliphatic carbocycles. The maximum absolute atomic E-state index is 12.4. The van der Waals surface area contributed by atoms with Crippen LogP contribution in [0.25, 0.3) is 0 Å². The zero-order valence-electron chi connectivity index (χ0n) is 19.5. The van der Waals surface area contributed by atoms with Crippen molar-refractivity contribution in [2.45, 2.75) is 39.7 Å². The Balaban J connectivity index is 1.38. The number of likely N-dealkylation sites (tertiary alicyclic amines) is 1. The van der Waals surface area contributed by atoms with Gasteiger partial charge in [0.2, 0.25) is 5.95 Å². The maximum atomic E-state index is 12.4. The number of carbonyl (C=O) groups excluding carboxylic acids is 1. The molecule has 33 heavy (non-hydrogen) atoms. The number of hydrogen-bond acceptors (Lipinski definition) is 7. The average molecular weight is 450 g/mol. The number of aromatic nitrogens is 4. The van der Waals surface area contributed by atoms with Crippen LogP contribution >= 0.6 is 0 Å². The number of benzene rings is 1. The fourth-order valence-electron chi connectivity index (χ4n) is 3.82. The van der Waals surface area contributed by atoms with E-state index in [2.05, 4.69) is 53.4 Å². The molecule has 0 bridgehead atoms. The van der Waals surface area contributed by atoms with Crippen LogP contribution < -0.4 is 21.3 Å². The summed E-state index contributed by atoms with van der Waals surface area (Å²) in [7, 11) is 2.11. The largest absolute Gasteiger partial charge is 0.335 e. The van der Waals surface area contributed by atoms with Crippen molar-refractivity contribution in [3.8, 4) is 0 Å². The molecule has 174 valence electrons. The number of urea groups is 1. The third-order valence-electron chi connectivity index (χ3n) is 5.61. The molecule has 3 aromatic rings. The predicted octanol–water partition coefficient (Wildman–Crippen LogP) is 3.83. The highest BCUT2D eigenvalue weighted by Gasteiger charge is 2.18. The molecule has 0 radical (unpaired) electrons. The molecule has 0 saturated carbocycles. The van der Waals surface area contributed by atoms with E-state index in [1.165, 1.54) is 0 Å². The van der Waals surface area contributed by atoms with Gasteiger partial charge in [-0.25, -0.2) is 9.78 Å². The van der Waals surface area contributed by atoms with E-state index in [4.69, 9.17) is 0 Å². The fourth-order valence-corrected chi connectivity index (χ4v) is 3.82. The number of H-pyrrole nitrogens is 1. The summed E-state index contributed by atoms with van der Waals surface area (Å²) in [4.78, 5) is 23.7. The fraction of sp³-hybridized carbons (Fsp3) is 0.391. The summed E-state index contributed by atoms with van der Waals surface area (Å²) in [6.07, 6.45) is 1.94. The van der Waals surface area contributed by atoms with Gasteiger partial charge in [-0.1, -0.05) is 0 Å². The SMILES string of the molecule is Cc1cc(Nc2cc(C)nc(Nc3ccc(NC(=O)NC4CCN(C)CC4)cc3C)n2)[nH]n1. The van der Waals surface area contributed by atoms with Crippen LogP contribution in [-0.2, 0) is 0 Å². The Morgan fingerprint density at radius 3 is 2.52 bits per heavy atom. The minimum absolute atomic E-state index is 0.170. The van der Waals surface area contributed by atoms with Gasteiger partial charge in [-0.15, -0.1) is 0 Å². The van der Waals surface area contributed by atoms with Crippen LogP contribution in [0.3, 0.4) is 0 Å². The van der Waals surface area contributed by atoms with Crippen LogP contribution in [-0.4, -0.2) is 57.3 Å². The highest BCUT2D eigenvalue weighted by molar-refractivity contribution is 5.90. The van der Waals surface area contributed by atoms with Gasteiger partial charge in [0, 0.05) is 35.2 Å². The molecular formula is C23H31N9O. The molecular weight excluding hydrogens is 418 g/mol. The second kappa shape index (κ2) is 9.86. The molecule has 0 unspecified atom stereocenters. The van der Waals surface area contributed by atoms with Gasteiger partial charge in [0.1, 0.15) is 11.6 Å². The average Bonchev–Trinajstić information content (AvgIpc) is 3.16. The summed E-state index contributed by atoms with van der Waals surface area (Å²) < 4.78 is 0. The summed E-state index contributed by atoms with van der Waals surface area (Å²) in [5.41, 5.74) is 4.30. The lowest BCUT2D eigenvalue weighted by molar-refractivity contribution is 0.221. The number of rotatable bonds is 6. The van der Waals surface area contributed by atoms with Crippen molar-refractivity contribution < 1.29 is 4.79 Å². The number of anilines is 5. The van der Waals surface area contributed by atoms with Gasteiger partial charge in [-0.2, -0.15) is 10.1 Å². The molecule has 5 N–H and O–H groups in total. The zero-order valence-corrected chi connectivity index (χ0v) is 19.5. The van der Waals surface area contributed by atoms with Crippen LogP contribution in [0.4, 0.5) is 33.8 Å². The van der Waals surface area contributed by atoms with Gasteiger partial charge >= 0.3 is 6.03 Å². The van der Waals surface area contributed by atoms with E-state index in [1.807, 2.05) is 51.1 Å². The number of nitrogens with one attached hydrogen (secondary N) is 5. The van der Waals surface area contributed by atoms with Crippen LogP contribution in [0.15, 0.2) is 30.3 Å². The molecule has 0 atom stereocenters. The van der Waals surface area contributed by atoms with E-state index in [1.54, 1.807) is 0 Å². The topological polar surface area (TPSA) is 123 Å². The quantitative estimate of drug-likeness (QED) is 0.388. The highest BCUT2D eigenvalue weighted by Crippen LogP contribution is 2.24. The monoisotopic (exact) mass is 449 g/mol. The molecule has 2 aromatic heterocycles. The van der Waals surface area contributed by atoms with Crippen LogP contribution in [0, 0.1) is 20.8 Å². The molecule has 10 heteroatoms. The molecule has 10 nitrogen and oxygen atoms in total. The van der Waals surface area contributed by atoms with Crippen molar-refractivity contribution in [2.75, 3.05) is 36.1 Å². The first-order chi connectivity index (χ1) is 15.8. The lowest BCUT2D eigenvalue weighted by Crippen LogP contribution is -2.44. The second-order valence-electron chi connectivity index (χ2n) is 8.60. The summed E-state index contributed by atoms with van der Waals surface area (Å²) >= 11 is 0. The van der Waals surface area contributed by atoms with Gasteiger partial charge in [0.05, 0.1) is 5.69 Å². The van der Waals surface area contributed by atoms with E-state index in [9.17, 15) is 4.79 Å². The molecule has 1 aromatic carbocycles.